The van der Waals surface area contributed by atoms with Crippen molar-refractivity contribution in [1.29, 1.82) is 0 Å². The van der Waals surface area contributed by atoms with E-state index in [1.165, 1.54) is 18.4 Å². The van der Waals surface area contributed by atoms with Crippen molar-refractivity contribution in [1.82, 2.24) is 0 Å². The van der Waals surface area contributed by atoms with Crippen molar-refractivity contribution in [2.45, 2.75) is 0 Å². The summed E-state index contributed by atoms with van der Waals surface area (Å²) in [6.07, 6.45) is 3.00. The van der Waals surface area contributed by atoms with Crippen LogP contribution in [-0.2, 0) is 0 Å². The Bertz CT molecular complexity index is 742. The van der Waals surface area contributed by atoms with Gasteiger partial charge in [-0.2, -0.15) is 0 Å². The molecule has 1 N–H and O–H groups in total. The summed E-state index contributed by atoms with van der Waals surface area (Å²) in [6.45, 7) is 3.48. The lowest BCUT2D eigenvalue weighted by Crippen LogP contribution is -1.97. The van der Waals surface area contributed by atoms with Gasteiger partial charge in [0.05, 0.1) is 11.8 Å². The van der Waals surface area contributed by atoms with E-state index >= 15 is 0 Å². The zero-order valence-electron chi connectivity index (χ0n) is 11.1. The molecular weight excluding hydrogens is 268 g/mol. The number of carbonyl (C=O) groups is 1. The van der Waals surface area contributed by atoms with E-state index in [1.807, 2.05) is 12.1 Å². The molecule has 4 heteroatoms. The van der Waals surface area contributed by atoms with Gasteiger partial charge in [-0.3, -0.25) is 4.79 Å². The number of hydrogen-bond donors (Lipinski definition) is 1. The van der Waals surface area contributed by atoms with E-state index < -0.39 is 0 Å². The molecule has 0 spiro atoms. The minimum Gasteiger partial charge on any atom is -0.508 e. The van der Waals surface area contributed by atoms with Crippen LogP contribution in [0.15, 0.2) is 61.1 Å². The number of hydrogen-bond acceptors (Lipinski definition) is 4. The first-order valence-corrected chi connectivity index (χ1v) is 6.32. The maximum absolute atomic E-state index is 12.2. The minimum atomic E-state index is -0.198. The van der Waals surface area contributed by atoms with Crippen LogP contribution in [-0.4, -0.2) is 10.9 Å². The van der Waals surface area contributed by atoms with Gasteiger partial charge in [-0.15, -0.1) is 0 Å². The predicted octanol–water partition coefficient (Wildman–Crippen LogP) is 3.53. The normalized spacial score (nSPS) is 14.7. The van der Waals surface area contributed by atoms with Crippen LogP contribution in [0.2, 0.25) is 0 Å². The summed E-state index contributed by atoms with van der Waals surface area (Å²) in [5, 5.41) is 9.41. The fraction of sp³-hybridized carbons (Fsp3) is 0. The summed E-state index contributed by atoms with van der Waals surface area (Å²) in [6, 6.07) is 11.6. The summed E-state index contributed by atoms with van der Waals surface area (Å²) in [5.41, 5.74) is 1.26. The molecule has 4 nitrogen and oxygen atoms in total. The van der Waals surface area contributed by atoms with E-state index in [4.69, 9.17) is 9.47 Å². The molecule has 1 heterocycles. The maximum Gasteiger partial charge on any atom is 0.231 e. The molecule has 0 bridgehead atoms. The third kappa shape index (κ3) is 2.51. The molecule has 2 aromatic rings. The Hall–Kier alpha value is -3.01. The molecular formula is C17H12O4. The maximum atomic E-state index is 12.2. The number of phenolic OH excluding ortho intramolecular Hbond substituents is 1. The average molecular weight is 280 g/mol. The van der Waals surface area contributed by atoms with Crippen molar-refractivity contribution < 1.29 is 19.4 Å². The van der Waals surface area contributed by atoms with E-state index in [-0.39, 0.29) is 17.3 Å². The molecule has 0 atom stereocenters. The highest BCUT2D eigenvalue weighted by Gasteiger charge is 2.27. The first kappa shape index (κ1) is 13.0. The van der Waals surface area contributed by atoms with Crippen molar-refractivity contribution in [3.05, 3.63) is 72.2 Å². The van der Waals surface area contributed by atoms with Gasteiger partial charge in [-0.05, 0) is 35.9 Å². The number of rotatable bonds is 3. The number of phenols is 1. The van der Waals surface area contributed by atoms with Gasteiger partial charge in [0.25, 0.3) is 0 Å². The molecule has 0 fully saturated rings. The molecule has 21 heavy (non-hydrogen) atoms. The Morgan fingerprint density at radius 2 is 1.90 bits per heavy atom. The topological polar surface area (TPSA) is 55.8 Å². The van der Waals surface area contributed by atoms with Crippen LogP contribution in [0.1, 0.15) is 15.9 Å². The molecule has 1 aliphatic rings. The highest BCUT2D eigenvalue weighted by Crippen LogP contribution is 2.34. The summed E-state index contributed by atoms with van der Waals surface area (Å²) in [4.78, 5) is 12.2. The highest BCUT2D eigenvalue weighted by molar-refractivity contribution is 6.14. The second kappa shape index (κ2) is 5.17. The lowest BCUT2D eigenvalue weighted by molar-refractivity contribution is 0.101. The van der Waals surface area contributed by atoms with Crippen LogP contribution in [0.3, 0.4) is 0 Å². The lowest BCUT2D eigenvalue weighted by atomic mass is 10.1. The third-order valence-electron chi connectivity index (χ3n) is 3.05. The van der Waals surface area contributed by atoms with Crippen molar-refractivity contribution in [2.75, 3.05) is 0 Å². The molecule has 0 saturated heterocycles. The molecule has 2 aromatic carbocycles. The van der Waals surface area contributed by atoms with Crippen molar-refractivity contribution in [3.8, 4) is 17.2 Å². The van der Waals surface area contributed by atoms with Crippen molar-refractivity contribution in [2.24, 2.45) is 0 Å². The Balaban J connectivity index is 1.88. The zero-order chi connectivity index (χ0) is 14.8. The van der Waals surface area contributed by atoms with Crippen LogP contribution in [0.5, 0.6) is 17.2 Å². The Morgan fingerprint density at radius 3 is 2.62 bits per heavy atom. The molecule has 0 amide bonds. The highest BCUT2D eigenvalue weighted by atomic mass is 16.5. The number of ether oxygens (including phenoxy) is 2. The Kier molecular flexibility index (Phi) is 3.20. The van der Waals surface area contributed by atoms with Gasteiger partial charge in [0.2, 0.25) is 5.78 Å². The quantitative estimate of drug-likeness (QED) is 0.690. The van der Waals surface area contributed by atoms with Crippen LogP contribution in [0, 0.1) is 0 Å². The lowest BCUT2D eigenvalue weighted by Gasteiger charge is -2.01. The molecule has 0 aromatic heterocycles. The van der Waals surface area contributed by atoms with E-state index in [0.29, 0.717) is 17.1 Å². The summed E-state index contributed by atoms with van der Waals surface area (Å²) < 4.78 is 10.6. The minimum absolute atomic E-state index is 0.0636. The van der Waals surface area contributed by atoms with E-state index in [0.717, 1.165) is 5.56 Å². The molecule has 1 aliphatic heterocycles. The van der Waals surface area contributed by atoms with Crippen molar-refractivity contribution >= 4 is 11.9 Å². The number of fused-ring (bicyclic) bond motifs is 1. The fourth-order valence-electron chi connectivity index (χ4n) is 2.07. The van der Waals surface area contributed by atoms with E-state index in [9.17, 15) is 9.90 Å². The average Bonchev–Trinajstić information content (AvgIpc) is 2.77. The molecule has 0 aliphatic carbocycles. The smallest absolute Gasteiger partial charge is 0.231 e. The van der Waals surface area contributed by atoms with Gasteiger partial charge >= 0.3 is 0 Å². The number of benzene rings is 2. The van der Waals surface area contributed by atoms with Gasteiger partial charge in [0.1, 0.15) is 17.2 Å². The van der Waals surface area contributed by atoms with Gasteiger partial charge in [0, 0.05) is 6.07 Å². The number of carbonyl (C=O) groups excluding carboxylic acids is 1. The number of allylic oxidation sites excluding steroid dienone is 1. The van der Waals surface area contributed by atoms with Crippen LogP contribution in [0.25, 0.3) is 6.08 Å². The van der Waals surface area contributed by atoms with E-state index in [1.54, 1.807) is 24.3 Å². The van der Waals surface area contributed by atoms with Crippen LogP contribution < -0.4 is 9.47 Å². The molecule has 0 saturated carbocycles. The number of Topliss-reactive ketones (excluding diaryl/α,β-unsaturated/α-hetero) is 1. The third-order valence-corrected chi connectivity index (χ3v) is 3.05. The van der Waals surface area contributed by atoms with Gasteiger partial charge in [-0.25, -0.2) is 0 Å². The first-order chi connectivity index (χ1) is 10.2. The van der Waals surface area contributed by atoms with E-state index in [2.05, 4.69) is 6.58 Å². The monoisotopic (exact) mass is 280 g/mol. The Morgan fingerprint density at radius 1 is 1.14 bits per heavy atom. The second-order valence-corrected chi connectivity index (χ2v) is 4.47. The summed E-state index contributed by atoms with van der Waals surface area (Å²) in [5.74, 6) is 1.13. The largest absolute Gasteiger partial charge is 0.508 e. The number of aromatic hydroxyl groups is 1. The SMILES string of the molecule is C=COc1ccc(/C=C2/Oc3cc(O)ccc3C2=O)cc1. The van der Waals surface area contributed by atoms with Crippen LogP contribution >= 0.6 is 0 Å². The molecule has 3 rings (SSSR count). The zero-order valence-corrected chi connectivity index (χ0v) is 11.1. The standard InChI is InChI=1S/C17H12O4/c1-2-20-13-6-3-11(4-7-13)9-16-17(19)14-8-5-12(18)10-15(14)21-16/h2-10,18H,1H2/b16-9+. The second-order valence-electron chi connectivity index (χ2n) is 4.47. The van der Waals surface area contributed by atoms with Gasteiger partial charge in [-0.1, -0.05) is 18.7 Å². The summed E-state index contributed by atoms with van der Waals surface area (Å²) in [7, 11) is 0. The van der Waals surface area contributed by atoms with Crippen molar-refractivity contribution in [3.63, 3.8) is 0 Å². The molecule has 104 valence electrons. The van der Waals surface area contributed by atoms with Crippen LogP contribution in [0.4, 0.5) is 0 Å². The first-order valence-electron chi connectivity index (χ1n) is 6.32. The molecule has 0 unspecified atom stereocenters. The molecule has 0 radical (unpaired) electrons. The summed E-state index contributed by atoms with van der Waals surface area (Å²) >= 11 is 0. The van der Waals surface area contributed by atoms with Gasteiger partial charge in [0.15, 0.2) is 5.76 Å². The number of ketones is 1. The predicted molar refractivity (Wildman–Crippen MR) is 78.3 cm³/mol. The Labute approximate surface area is 121 Å². The van der Waals surface area contributed by atoms with Gasteiger partial charge < -0.3 is 14.6 Å². The fourth-order valence-corrected chi connectivity index (χ4v) is 2.07.